The maximum Gasteiger partial charge on any atom is 0.321 e. The van der Waals surface area contributed by atoms with Crippen LogP contribution in [-0.4, -0.2) is 33.4 Å². The molecule has 0 aliphatic heterocycles. The summed E-state index contributed by atoms with van der Waals surface area (Å²) in [4.78, 5) is 23.3. The van der Waals surface area contributed by atoms with Gasteiger partial charge in [-0.15, -0.1) is 0 Å². The van der Waals surface area contributed by atoms with Crippen LogP contribution in [0.25, 0.3) is 0 Å². The Morgan fingerprint density at radius 3 is 2.45 bits per heavy atom. The second-order valence-corrected chi connectivity index (χ2v) is 8.19. The van der Waals surface area contributed by atoms with Crippen LogP contribution in [0.1, 0.15) is 31.7 Å². The number of amides is 1. The van der Waals surface area contributed by atoms with Crippen LogP contribution >= 0.6 is 0 Å². The molecule has 2 rings (SSSR count). The first-order valence-electron chi connectivity index (χ1n) is 9.02. The molecule has 7 nitrogen and oxygen atoms in total. The third kappa shape index (κ3) is 6.95. The molecule has 0 radical (unpaired) electrons. The number of esters is 1. The fourth-order valence-corrected chi connectivity index (χ4v) is 3.40. The van der Waals surface area contributed by atoms with Crippen LogP contribution in [0.3, 0.4) is 0 Å². The van der Waals surface area contributed by atoms with Crippen LogP contribution in [0, 0.1) is 5.82 Å². The van der Waals surface area contributed by atoms with Gasteiger partial charge < -0.3 is 10.1 Å². The van der Waals surface area contributed by atoms with E-state index in [1.807, 2.05) is 16.9 Å². The molecule has 0 aromatic heterocycles. The number of hydrogen-bond donors (Lipinski definition) is 2. The van der Waals surface area contributed by atoms with Gasteiger partial charge in [-0.05, 0) is 48.2 Å². The molecule has 9 heteroatoms. The number of carbonyl (C=O) groups is 2. The predicted octanol–water partition coefficient (Wildman–Crippen LogP) is 2.80. The first kappa shape index (κ1) is 22.5. The molecule has 0 fully saturated rings. The molecule has 0 unspecified atom stereocenters. The number of nitrogens with one attached hydrogen (secondary N) is 2. The van der Waals surface area contributed by atoms with Crippen molar-refractivity contribution in [3.63, 3.8) is 0 Å². The van der Waals surface area contributed by atoms with Gasteiger partial charge >= 0.3 is 5.97 Å². The van der Waals surface area contributed by atoms with E-state index in [1.165, 1.54) is 12.1 Å². The average molecular weight is 422 g/mol. The highest BCUT2D eigenvalue weighted by molar-refractivity contribution is 7.89. The highest BCUT2D eigenvalue weighted by atomic mass is 32.2. The van der Waals surface area contributed by atoms with Gasteiger partial charge in [0.05, 0.1) is 4.90 Å². The van der Waals surface area contributed by atoms with Gasteiger partial charge in [0.1, 0.15) is 12.4 Å². The van der Waals surface area contributed by atoms with E-state index >= 15 is 0 Å². The van der Waals surface area contributed by atoms with Crippen LogP contribution < -0.4 is 10.0 Å². The summed E-state index contributed by atoms with van der Waals surface area (Å²) in [5.74, 6) is -1.80. The van der Waals surface area contributed by atoms with Gasteiger partial charge in [-0.3, -0.25) is 9.59 Å². The molecular formula is C20H23FN2O5S. The molecule has 0 aliphatic carbocycles. The normalized spacial score (nSPS) is 12.2. The Kier molecular flexibility index (Phi) is 7.86. The smallest absolute Gasteiger partial charge is 0.321 e. The summed E-state index contributed by atoms with van der Waals surface area (Å²) in [7, 11) is -4.07. The molecule has 1 amide bonds. The molecule has 0 saturated carbocycles. The molecule has 2 N–H and O–H groups in total. The lowest BCUT2D eigenvalue weighted by molar-refractivity contribution is -0.146. The lowest BCUT2D eigenvalue weighted by Crippen LogP contribution is -2.32. The standard InChI is InChI=1S/C20H23FN2O5S/c1-3-14(2)15-7-9-17(10-8-15)23-19(24)13-28-20(25)12-22-29(26,27)18-6-4-5-16(21)11-18/h4-11,14,22H,3,12-13H2,1-2H3,(H,23,24)/t14-/m0/s1. The second-order valence-electron chi connectivity index (χ2n) is 6.42. The van der Waals surface area contributed by atoms with Crippen molar-refractivity contribution in [1.82, 2.24) is 4.72 Å². The maximum atomic E-state index is 13.1. The zero-order chi connectivity index (χ0) is 21.4. The summed E-state index contributed by atoms with van der Waals surface area (Å²) in [6.45, 7) is 2.95. The van der Waals surface area contributed by atoms with Gasteiger partial charge in [-0.2, -0.15) is 4.72 Å². The molecule has 156 valence electrons. The molecule has 0 saturated heterocycles. The summed E-state index contributed by atoms with van der Waals surface area (Å²) in [5, 5.41) is 2.59. The van der Waals surface area contributed by atoms with Gasteiger partial charge in [0, 0.05) is 5.69 Å². The molecular weight excluding hydrogens is 399 g/mol. The first-order chi connectivity index (χ1) is 13.7. The minimum absolute atomic E-state index is 0.316. The number of carbonyl (C=O) groups excluding carboxylic acids is 2. The number of rotatable bonds is 9. The number of benzene rings is 2. The fraction of sp³-hybridized carbons (Fsp3) is 0.300. The van der Waals surface area contributed by atoms with E-state index in [4.69, 9.17) is 4.74 Å². The monoisotopic (exact) mass is 422 g/mol. The molecule has 1 atom stereocenters. The van der Waals surface area contributed by atoms with Crippen LogP contribution in [-0.2, 0) is 24.3 Å². The van der Waals surface area contributed by atoms with E-state index in [2.05, 4.69) is 19.2 Å². The van der Waals surface area contributed by atoms with Gasteiger partial charge in [0.25, 0.3) is 5.91 Å². The lowest BCUT2D eigenvalue weighted by atomic mass is 9.99. The Bertz CT molecular complexity index is 961. The molecule has 0 aliphatic rings. The van der Waals surface area contributed by atoms with Crippen molar-refractivity contribution in [2.45, 2.75) is 31.1 Å². The molecule has 2 aromatic carbocycles. The Hall–Kier alpha value is -2.78. The topological polar surface area (TPSA) is 102 Å². The number of halogens is 1. The lowest BCUT2D eigenvalue weighted by Gasteiger charge is -2.11. The van der Waals surface area contributed by atoms with Crippen LogP contribution in [0.5, 0.6) is 0 Å². The molecule has 0 spiro atoms. The number of ether oxygens (including phenoxy) is 1. The number of hydrogen-bond acceptors (Lipinski definition) is 5. The van der Waals surface area contributed by atoms with Crippen LogP contribution in [0.15, 0.2) is 53.4 Å². The van der Waals surface area contributed by atoms with Crippen molar-refractivity contribution in [3.8, 4) is 0 Å². The number of sulfonamides is 1. The van der Waals surface area contributed by atoms with Gasteiger partial charge in [0.15, 0.2) is 6.61 Å². The summed E-state index contributed by atoms with van der Waals surface area (Å²) >= 11 is 0. The van der Waals surface area contributed by atoms with E-state index in [1.54, 1.807) is 12.1 Å². The average Bonchev–Trinajstić information content (AvgIpc) is 2.71. The molecule has 0 bridgehead atoms. The molecule has 29 heavy (non-hydrogen) atoms. The molecule has 0 heterocycles. The van der Waals surface area contributed by atoms with E-state index in [0.29, 0.717) is 11.6 Å². The van der Waals surface area contributed by atoms with Crippen molar-refractivity contribution in [3.05, 3.63) is 59.9 Å². The van der Waals surface area contributed by atoms with Gasteiger partial charge in [-0.25, -0.2) is 12.8 Å². The predicted molar refractivity (Wildman–Crippen MR) is 106 cm³/mol. The van der Waals surface area contributed by atoms with Gasteiger partial charge in [-0.1, -0.05) is 32.0 Å². The minimum atomic E-state index is -4.07. The van der Waals surface area contributed by atoms with Crippen molar-refractivity contribution >= 4 is 27.6 Å². The van der Waals surface area contributed by atoms with E-state index < -0.39 is 40.9 Å². The van der Waals surface area contributed by atoms with E-state index in [-0.39, 0.29) is 4.90 Å². The highest BCUT2D eigenvalue weighted by Crippen LogP contribution is 2.20. The van der Waals surface area contributed by atoms with E-state index in [0.717, 1.165) is 24.1 Å². The Labute approximate surface area is 169 Å². The summed E-state index contributed by atoms with van der Waals surface area (Å²) in [6.07, 6.45) is 1.00. The number of anilines is 1. The quantitative estimate of drug-likeness (QED) is 0.605. The first-order valence-corrected chi connectivity index (χ1v) is 10.5. The summed E-state index contributed by atoms with van der Waals surface area (Å²) < 4.78 is 43.9. The van der Waals surface area contributed by atoms with Gasteiger partial charge in [0.2, 0.25) is 10.0 Å². The maximum absolute atomic E-state index is 13.1. The highest BCUT2D eigenvalue weighted by Gasteiger charge is 2.17. The van der Waals surface area contributed by atoms with E-state index in [9.17, 15) is 22.4 Å². The molecule has 2 aromatic rings. The van der Waals surface area contributed by atoms with Crippen LogP contribution in [0.2, 0.25) is 0 Å². The van der Waals surface area contributed by atoms with Crippen molar-refractivity contribution in [1.29, 1.82) is 0 Å². The fourth-order valence-electron chi connectivity index (χ4n) is 2.40. The zero-order valence-corrected chi connectivity index (χ0v) is 17.0. The Balaban J connectivity index is 1.79. The second kappa shape index (κ2) is 10.1. The summed E-state index contributed by atoms with van der Waals surface area (Å²) in [6, 6.07) is 11.7. The van der Waals surface area contributed by atoms with Crippen molar-refractivity contribution < 1.29 is 27.1 Å². The SMILES string of the molecule is CC[C@H](C)c1ccc(NC(=O)COC(=O)CNS(=O)(=O)c2cccc(F)c2)cc1. The third-order valence-electron chi connectivity index (χ3n) is 4.25. The summed E-state index contributed by atoms with van der Waals surface area (Å²) in [5.41, 5.74) is 1.72. The Morgan fingerprint density at radius 1 is 1.14 bits per heavy atom. The largest absolute Gasteiger partial charge is 0.455 e. The Morgan fingerprint density at radius 2 is 1.83 bits per heavy atom. The minimum Gasteiger partial charge on any atom is -0.455 e. The van der Waals surface area contributed by atoms with Crippen molar-refractivity contribution in [2.75, 3.05) is 18.5 Å². The zero-order valence-electron chi connectivity index (χ0n) is 16.1. The van der Waals surface area contributed by atoms with Crippen LogP contribution in [0.4, 0.5) is 10.1 Å². The third-order valence-corrected chi connectivity index (χ3v) is 5.65. The van der Waals surface area contributed by atoms with Crippen molar-refractivity contribution in [2.24, 2.45) is 0 Å².